The Balaban J connectivity index is 1.48. The largest absolute Gasteiger partial charge is 0.350 e. The molecule has 1 fully saturated rings. The van der Waals surface area contributed by atoms with Crippen LogP contribution in [0, 0.1) is 11.3 Å². The second-order valence-electron chi connectivity index (χ2n) is 6.95. The van der Waals surface area contributed by atoms with Gasteiger partial charge in [0.15, 0.2) is 0 Å². The third kappa shape index (κ3) is 5.64. The van der Waals surface area contributed by atoms with Crippen molar-refractivity contribution in [3.63, 3.8) is 0 Å². The number of carbonyl (C=O) groups excluding carboxylic acids is 1. The summed E-state index contributed by atoms with van der Waals surface area (Å²) in [5.41, 5.74) is 1.92. The monoisotopic (exact) mass is 382 g/mol. The van der Waals surface area contributed by atoms with Gasteiger partial charge in [0.25, 0.3) is 0 Å². The van der Waals surface area contributed by atoms with Crippen LogP contribution < -0.4 is 5.32 Å². The molecule has 27 heavy (non-hydrogen) atoms. The summed E-state index contributed by atoms with van der Waals surface area (Å²) >= 11 is 1.67. The molecule has 0 spiro atoms. The fourth-order valence-electron chi connectivity index (χ4n) is 3.38. The van der Waals surface area contributed by atoms with Crippen LogP contribution in [0.1, 0.15) is 29.3 Å². The Labute approximate surface area is 165 Å². The zero-order valence-corrected chi connectivity index (χ0v) is 16.5. The Morgan fingerprint density at radius 1 is 1.22 bits per heavy atom. The van der Waals surface area contributed by atoms with Gasteiger partial charge in [0, 0.05) is 31.1 Å². The van der Waals surface area contributed by atoms with E-state index >= 15 is 0 Å². The van der Waals surface area contributed by atoms with Gasteiger partial charge in [0.1, 0.15) is 0 Å². The van der Waals surface area contributed by atoms with E-state index in [9.17, 15) is 4.79 Å². The number of nitrogens with one attached hydrogen (secondary N) is 1. The highest BCUT2D eigenvalue weighted by Gasteiger charge is 2.24. The van der Waals surface area contributed by atoms with Crippen molar-refractivity contribution in [1.82, 2.24) is 15.1 Å². The van der Waals surface area contributed by atoms with E-state index in [0.717, 1.165) is 39.1 Å². The van der Waals surface area contributed by atoms with Crippen LogP contribution in [-0.2, 0) is 17.9 Å². The first kappa shape index (κ1) is 19.6. The first-order valence-corrected chi connectivity index (χ1v) is 10.3. The molecule has 2 heterocycles. The highest BCUT2D eigenvalue weighted by Crippen LogP contribution is 2.13. The van der Waals surface area contributed by atoms with Gasteiger partial charge in [-0.15, -0.1) is 11.3 Å². The lowest BCUT2D eigenvalue weighted by atomic mass is 10.1. The van der Waals surface area contributed by atoms with Gasteiger partial charge in [0.05, 0.1) is 24.2 Å². The van der Waals surface area contributed by atoms with E-state index in [1.807, 2.05) is 48.7 Å². The minimum absolute atomic E-state index is 0.101. The van der Waals surface area contributed by atoms with Crippen molar-refractivity contribution in [1.29, 1.82) is 5.26 Å². The van der Waals surface area contributed by atoms with Crippen LogP contribution >= 0.6 is 11.3 Å². The molecule has 1 amide bonds. The SMILES string of the molecule is CC(C(=O)NCc1cccs1)N1CCCN(Cc2ccc(C#N)cc2)CC1. The Bertz CT molecular complexity index is 766. The molecule has 2 aromatic rings. The lowest BCUT2D eigenvalue weighted by molar-refractivity contribution is -0.126. The maximum absolute atomic E-state index is 12.5. The minimum atomic E-state index is -0.111. The third-order valence-corrected chi connectivity index (χ3v) is 5.93. The zero-order valence-electron chi connectivity index (χ0n) is 15.7. The van der Waals surface area contributed by atoms with Crippen LogP contribution in [0.5, 0.6) is 0 Å². The average Bonchev–Trinajstić information content (AvgIpc) is 3.11. The molecule has 1 aliphatic rings. The summed E-state index contributed by atoms with van der Waals surface area (Å²) in [6, 6.07) is 13.9. The van der Waals surface area contributed by atoms with Gasteiger partial charge in [-0.05, 0) is 49.0 Å². The van der Waals surface area contributed by atoms with Crippen LogP contribution in [0.4, 0.5) is 0 Å². The van der Waals surface area contributed by atoms with Gasteiger partial charge in [-0.1, -0.05) is 18.2 Å². The van der Waals surface area contributed by atoms with E-state index in [0.29, 0.717) is 12.1 Å². The van der Waals surface area contributed by atoms with Crippen molar-refractivity contribution in [3.8, 4) is 6.07 Å². The van der Waals surface area contributed by atoms with Gasteiger partial charge >= 0.3 is 0 Å². The normalized spacial score (nSPS) is 17.0. The molecule has 0 bridgehead atoms. The van der Waals surface area contributed by atoms with Crippen LogP contribution in [0.25, 0.3) is 0 Å². The molecule has 3 rings (SSSR count). The predicted octanol–water partition coefficient (Wildman–Crippen LogP) is 2.83. The summed E-state index contributed by atoms with van der Waals surface area (Å²) in [7, 11) is 0. The number of amides is 1. The molecule has 1 aliphatic heterocycles. The van der Waals surface area contributed by atoms with Gasteiger partial charge < -0.3 is 5.32 Å². The predicted molar refractivity (Wildman–Crippen MR) is 108 cm³/mol. The molecule has 1 N–H and O–H groups in total. The zero-order chi connectivity index (χ0) is 19.1. The first-order valence-electron chi connectivity index (χ1n) is 9.41. The number of rotatable bonds is 6. The summed E-state index contributed by atoms with van der Waals surface area (Å²) in [6.45, 7) is 7.31. The number of hydrogen-bond acceptors (Lipinski definition) is 5. The number of nitriles is 1. The summed E-state index contributed by atoms with van der Waals surface area (Å²) in [6.07, 6.45) is 1.05. The topological polar surface area (TPSA) is 59.4 Å². The maximum Gasteiger partial charge on any atom is 0.237 e. The van der Waals surface area contributed by atoms with Crippen molar-refractivity contribution in [2.75, 3.05) is 26.2 Å². The van der Waals surface area contributed by atoms with Crippen molar-refractivity contribution >= 4 is 17.2 Å². The van der Waals surface area contributed by atoms with Crippen LogP contribution in [0.3, 0.4) is 0 Å². The van der Waals surface area contributed by atoms with Crippen LogP contribution in [-0.4, -0.2) is 47.9 Å². The molecule has 5 nitrogen and oxygen atoms in total. The van der Waals surface area contributed by atoms with Gasteiger partial charge in [-0.25, -0.2) is 0 Å². The minimum Gasteiger partial charge on any atom is -0.350 e. The second-order valence-corrected chi connectivity index (χ2v) is 7.98. The number of carbonyl (C=O) groups is 1. The third-order valence-electron chi connectivity index (χ3n) is 5.06. The molecule has 1 saturated heterocycles. The molecule has 0 radical (unpaired) electrons. The number of hydrogen-bond donors (Lipinski definition) is 1. The number of benzene rings is 1. The molecule has 0 aliphatic carbocycles. The van der Waals surface area contributed by atoms with E-state index < -0.39 is 0 Å². The second kappa shape index (κ2) is 9.65. The molecule has 142 valence electrons. The smallest absolute Gasteiger partial charge is 0.237 e. The van der Waals surface area contributed by atoms with E-state index in [-0.39, 0.29) is 11.9 Å². The lowest BCUT2D eigenvalue weighted by Gasteiger charge is -2.27. The number of nitrogens with zero attached hydrogens (tertiary/aromatic N) is 3. The fourth-order valence-corrected chi connectivity index (χ4v) is 4.02. The van der Waals surface area contributed by atoms with E-state index in [1.165, 1.54) is 10.4 Å². The molecule has 1 atom stereocenters. The molecule has 1 aromatic carbocycles. The molecule has 1 unspecified atom stereocenters. The quantitative estimate of drug-likeness (QED) is 0.835. The van der Waals surface area contributed by atoms with Crippen molar-refractivity contribution < 1.29 is 4.79 Å². The Hall–Kier alpha value is -2.20. The summed E-state index contributed by atoms with van der Waals surface area (Å²) in [5.74, 6) is 0.101. The molecule has 0 saturated carbocycles. The summed E-state index contributed by atoms with van der Waals surface area (Å²) < 4.78 is 0. The van der Waals surface area contributed by atoms with Crippen molar-refractivity contribution in [3.05, 3.63) is 57.8 Å². The lowest BCUT2D eigenvalue weighted by Crippen LogP contribution is -2.46. The average molecular weight is 383 g/mol. The van der Waals surface area contributed by atoms with Crippen LogP contribution in [0.2, 0.25) is 0 Å². The van der Waals surface area contributed by atoms with E-state index in [2.05, 4.69) is 21.2 Å². The molecule has 1 aromatic heterocycles. The Morgan fingerprint density at radius 3 is 2.74 bits per heavy atom. The highest BCUT2D eigenvalue weighted by atomic mass is 32.1. The van der Waals surface area contributed by atoms with Gasteiger partial charge in [-0.2, -0.15) is 5.26 Å². The molecular weight excluding hydrogens is 356 g/mol. The van der Waals surface area contributed by atoms with Crippen LogP contribution in [0.15, 0.2) is 41.8 Å². The standard InChI is InChI=1S/C21H26N4OS/c1-17(21(26)23-15-20-4-2-13-27-20)25-10-3-9-24(11-12-25)16-19-7-5-18(14-22)6-8-19/h2,4-8,13,17H,3,9-12,15-16H2,1H3,(H,23,26). The van der Waals surface area contributed by atoms with E-state index in [1.54, 1.807) is 11.3 Å². The molecular formula is C21H26N4OS. The fraction of sp³-hybridized carbons (Fsp3) is 0.429. The highest BCUT2D eigenvalue weighted by molar-refractivity contribution is 7.09. The van der Waals surface area contributed by atoms with Gasteiger partial charge in [0.2, 0.25) is 5.91 Å². The van der Waals surface area contributed by atoms with Crippen molar-refractivity contribution in [2.45, 2.75) is 32.5 Å². The molecule has 6 heteroatoms. The van der Waals surface area contributed by atoms with E-state index in [4.69, 9.17) is 5.26 Å². The first-order chi connectivity index (χ1) is 13.2. The Kier molecular flexibility index (Phi) is 6.99. The summed E-state index contributed by atoms with van der Waals surface area (Å²) in [4.78, 5) is 18.4. The summed E-state index contributed by atoms with van der Waals surface area (Å²) in [5, 5.41) is 14.0. The maximum atomic E-state index is 12.5. The Morgan fingerprint density at radius 2 is 2.04 bits per heavy atom. The number of thiophene rings is 1. The van der Waals surface area contributed by atoms with Crippen molar-refractivity contribution in [2.24, 2.45) is 0 Å². The van der Waals surface area contributed by atoms with Gasteiger partial charge in [-0.3, -0.25) is 14.6 Å².